The van der Waals surface area contributed by atoms with Gasteiger partial charge in [-0.25, -0.2) is 15.0 Å². The molecule has 1 aliphatic rings. The summed E-state index contributed by atoms with van der Waals surface area (Å²) in [6, 6.07) is 14.3. The van der Waals surface area contributed by atoms with E-state index < -0.39 is 0 Å². The highest BCUT2D eigenvalue weighted by Gasteiger charge is 2.19. The van der Waals surface area contributed by atoms with E-state index in [-0.39, 0.29) is 5.43 Å². The lowest BCUT2D eigenvalue weighted by molar-refractivity contribution is 0.121. The van der Waals surface area contributed by atoms with Gasteiger partial charge in [0.15, 0.2) is 11.5 Å². The van der Waals surface area contributed by atoms with Gasteiger partial charge in [0.1, 0.15) is 10.5 Å². The van der Waals surface area contributed by atoms with Gasteiger partial charge in [-0.1, -0.05) is 12.1 Å². The van der Waals surface area contributed by atoms with Crippen molar-refractivity contribution in [2.75, 3.05) is 36.5 Å². The number of nitrogens with one attached hydrogen (secondary N) is 1. The highest BCUT2D eigenvalue weighted by molar-refractivity contribution is 7.17. The van der Waals surface area contributed by atoms with Gasteiger partial charge in [-0.2, -0.15) is 0 Å². The van der Waals surface area contributed by atoms with Crippen molar-refractivity contribution in [2.45, 2.75) is 40.7 Å². The van der Waals surface area contributed by atoms with Crippen molar-refractivity contribution in [3.05, 3.63) is 81.2 Å². The number of aromatic nitrogens is 4. The van der Waals surface area contributed by atoms with Crippen LogP contribution in [0.3, 0.4) is 0 Å². The minimum absolute atomic E-state index is 0.0206. The van der Waals surface area contributed by atoms with Gasteiger partial charge in [-0.15, -0.1) is 11.3 Å². The lowest BCUT2D eigenvalue weighted by Gasteiger charge is -2.27. The summed E-state index contributed by atoms with van der Waals surface area (Å²) in [5.74, 6) is 2.12. The number of hydrogen-bond acceptors (Lipinski definition) is 9. The van der Waals surface area contributed by atoms with Crippen molar-refractivity contribution >= 4 is 50.2 Å². The minimum atomic E-state index is -0.0206. The third kappa shape index (κ3) is 5.03. The summed E-state index contributed by atoms with van der Waals surface area (Å²) >= 11 is 1.41. The summed E-state index contributed by atoms with van der Waals surface area (Å²) in [7, 11) is 0. The summed E-state index contributed by atoms with van der Waals surface area (Å²) in [6.45, 7) is 13.2. The molecule has 4 aromatic heterocycles. The zero-order valence-corrected chi connectivity index (χ0v) is 26.3. The van der Waals surface area contributed by atoms with Crippen LogP contribution in [0.25, 0.3) is 43.7 Å². The average molecular weight is 607 g/mol. The van der Waals surface area contributed by atoms with Gasteiger partial charge in [0.2, 0.25) is 11.4 Å². The van der Waals surface area contributed by atoms with Crippen LogP contribution < -0.4 is 15.6 Å². The van der Waals surface area contributed by atoms with Crippen LogP contribution in [0.5, 0.6) is 0 Å². The Labute approximate surface area is 259 Å². The zero-order chi connectivity index (χ0) is 30.5. The molecule has 0 amide bonds. The molecule has 10 heteroatoms. The molecule has 224 valence electrons. The van der Waals surface area contributed by atoms with Gasteiger partial charge >= 0.3 is 0 Å². The number of hydrogen-bond donors (Lipinski definition) is 1. The second-order valence-corrected chi connectivity index (χ2v) is 12.4. The fraction of sp³-hybridized carbons (Fsp3) is 0.294. The van der Waals surface area contributed by atoms with Crippen molar-refractivity contribution in [3.8, 4) is 22.4 Å². The molecule has 0 bridgehead atoms. The second kappa shape index (κ2) is 11.2. The molecule has 0 spiro atoms. The molecule has 1 aliphatic heterocycles. The quantitative estimate of drug-likeness (QED) is 0.209. The number of ether oxygens (including phenoxy) is 1. The molecule has 7 rings (SSSR count). The number of benzene rings is 2. The van der Waals surface area contributed by atoms with E-state index in [0.29, 0.717) is 54.5 Å². The number of morpholine rings is 1. The first-order valence-electron chi connectivity index (χ1n) is 14.9. The third-order valence-electron chi connectivity index (χ3n) is 8.13. The molecule has 0 atom stereocenters. The Hall–Kier alpha value is -4.54. The van der Waals surface area contributed by atoms with E-state index >= 15 is 0 Å². The Morgan fingerprint density at radius 2 is 1.73 bits per heavy atom. The molecule has 0 unspecified atom stereocenters. The summed E-state index contributed by atoms with van der Waals surface area (Å²) in [6.07, 6.45) is 1.86. The molecule has 1 saturated heterocycles. The molecular formula is C34H34N6O3S. The lowest BCUT2D eigenvalue weighted by Crippen LogP contribution is -2.36. The van der Waals surface area contributed by atoms with Crippen molar-refractivity contribution in [1.82, 2.24) is 19.5 Å². The summed E-state index contributed by atoms with van der Waals surface area (Å²) in [5.41, 5.74) is 9.52. The molecular weight excluding hydrogens is 572 g/mol. The topological polar surface area (TPSA) is 98.3 Å². The maximum atomic E-state index is 12.9. The molecule has 6 aromatic rings. The normalized spacial score (nSPS) is 13.8. The largest absolute Gasteiger partial charge is 0.439 e. The Kier molecular flexibility index (Phi) is 7.18. The Balaban J connectivity index is 1.18. The van der Waals surface area contributed by atoms with Gasteiger partial charge in [0, 0.05) is 53.6 Å². The monoisotopic (exact) mass is 606 g/mol. The first-order valence-corrected chi connectivity index (χ1v) is 15.7. The van der Waals surface area contributed by atoms with E-state index in [1.807, 2.05) is 42.8 Å². The fourth-order valence-corrected chi connectivity index (χ4v) is 6.91. The SMILES string of the molecule is Cc1cnc(Nc2ccc(-c3csc4c(=O)cc(N5CCOCC5)oc34)cc2)nc1-c1cc(C)c2nc(C)n(C(C)C)c2c1. The first kappa shape index (κ1) is 28.2. The van der Waals surface area contributed by atoms with Crippen LogP contribution in [-0.2, 0) is 4.74 Å². The van der Waals surface area contributed by atoms with Crippen LogP contribution in [0.2, 0.25) is 0 Å². The number of rotatable bonds is 6. The minimum Gasteiger partial charge on any atom is -0.439 e. The van der Waals surface area contributed by atoms with Crippen molar-refractivity contribution < 1.29 is 9.15 Å². The van der Waals surface area contributed by atoms with Gasteiger partial charge in [-0.3, -0.25) is 4.79 Å². The molecule has 9 nitrogen and oxygen atoms in total. The van der Waals surface area contributed by atoms with Gasteiger partial charge in [0.05, 0.1) is 29.9 Å². The number of nitrogens with zero attached hydrogens (tertiary/aromatic N) is 5. The lowest BCUT2D eigenvalue weighted by atomic mass is 10.0. The molecule has 1 N–H and O–H groups in total. The van der Waals surface area contributed by atoms with E-state index in [1.165, 1.54) is 11.3 Å². The van der Waals surface area contributed by atoms with Gasteiger partial charge in [-0.05, 0) is 75.6 Å². The number of aryl methyl sites for hydroxylation is 3. The average Bonchev–Trinajstić information content (AvgIpc) is 3.60. The van der Waals surface area contributed by atoms with Crippen LogP contribution in [0.4, 0.5) is 17.5 Å². The summed E-state index contributed by atoms with van der Waals surface area (Å²) in [4.78, 5) is 29.3. The van der Waals surface area contributed by atoms with E-state index in [4.69, 9.17) is 19.1 Å². The van der Waals surface area contributed by atoms with Crippen molar-refractivity contribution in [1.29, 1.82) is 0 Å². The number of imidazole rings is 1. The highest BCUT2D eigenvalue weighted by atomic mass is 32.1. The molecule has 5 heterocycles. The molecule has 44 heavy (non-hydrogen) atoms. The predicted molar refractivity (Wildman–Crippen MR) is 177 cm³/mol. The molecule has 2 aromatic carbocycles. The van der Waals surface area contributed by atoms with Crippen LogP contribution >= 0.6 is 11.3 Å². The van der Waals surface area contributed by atoms with Crippen LogP contribution in [0.15, 0.2) is 63.3 Å². The van der Waals surface area contributed by atoms with Crippen molar-refractivity contribution in [3.63, 3.8) is 0 Å². The van der Waals surface area contributed by atoms with Gasteiger partial charge in [0.25, 0.3) is 0 Å². The zero-order valence-electron chi connectivity index (χ0n) is 25.5. The third-order valence-corrected chi connectivity index (χ3v) is 9.10. The standard InChI is InChI=1S/C34H34N6O3S/c1-19(2)40-22(5)36-31-20(3)14-24(15-27(31)40)30-21(4)17-35-34(38-30)37-25-8-6-23(7-9-25)26-18-44-33-28(41)16-29(43-32(26)33)39-10-12-42-13-11-39/h6-9,14-19H,10-13H2,1-5H3,(H,35,37,38). The van der Waals surface area contributed by atoms with E-state index in [9.17, 15) is 4.79 Å². The molecule has 0 saturated carbocycles. The number of fused-ring (bicyclic) bond motifs is 2. The predicted octanol–water partition coefficient (Wildman–Crippen LogP) is 7.41. The van der Waals surface area contributed by atoms with Crippen molar-refractivity contribution in [2.24, 2.45) is 0 Å². The van der Waals surface area contributed by atoms with E-state index in [2.05, 4.69) is 59.6 Å². The molecule has 0 aliphatic carbocycles. The Morgan fingerprint density at radius 1 is 0.955 bits per heavy atom. The molecule has 1 fully saturated rings. The Morgan fingerprint density at radius 3 is 2.48 bits per heavy atom. The van der Waals surface area contributed by atoms with Crippen LogP contribution in [0, 0.1) is 20.8 Å². The van der Waals surface area contributed by atoms with E-state index in [1.54, 1.807) is 6.07 Å². The smallest absolute Gasteiger partial charge is 0.227 e. The summed E-state index contributed by atoms with van der Waals surface area (Å²) in [5, 5.41) is 5.36. The van der Waals surface area contributed by atoms with Crippen LogP contribution in [-0.4, -0.2) is 45.8 Å². The van der Waals surface area contributed by atoms with Crippen LogP contribution in [0.1, 0.15) is 36.8 Å². The van der Waals surface area contributed by atoms with E-state index in [0.717, 1.165) is 56.1 Å². The molecule has 0 radical (unpaired) electrons. The first-order chi connectivity index (χ1) is 21.3. The maximum Gasteiger partial charge on any atom is 0.227 e. The summed E-state index contributed by atoms with van der Waals surface area (Å²) < 4.78 is 14.7. The number of anilines is 3. The highest BCUT2D eigenvalue weighted by Crippen LogP contribution is 2.36. The number of thiophene rings is 1. The fourth-order valence-electron chi connectivity index (χ4n) is 5.99. The second-order valence-electron chi connectivity index (χ2n) is 11.6. The van der Waals surface area contributed by atoms with Gasteiger partial charge < -0.3 is 23.9 Å². The maximum absolute atomic E-state index is 12.9. The Bertz CT molecular complexity index is 2070.